The Morgan fingerprint density at radius 3 is 2.62 bits per heavy atom. The van der Waals surface area contributed by atoms with Crippen LogP contribution in [-0.2, 0) is 21.2 Å². The lowest BCUT2D eigenvalue weighted by atomic mass is 10.2. The molecule has 2 rings (SSSR count). The van der Waals surface area contributed by atoms with E-state index in [-0.39, 0.29) is 11.4 Å². The molecule has 112 valence electrons. The van der Waals surface area contributed by atoms with Gasteiger partial charge in [-0.3, -0.25) is 4.79 Å². The predicted molar refractivity (Wildman–Crippen MR) is 78.5 cm³/mol. The third-order valence-corrected chi connectivity index (χ3v) is 4.80. The van der Waals surface area contributed by atoms with Gasteiger partial charge in [-0.1, -0.05) is 17.7 Å². The van der Waals surface area contributed by atoms with Crippen LogP contribution in [0, 0.1) is 13.8 Å². The van der Waals surface area contributed by atoms with Gasteiger partial charge >= 0.3 is 0 Å². The van der Waals surface area contributed by atoms with Gasteiger partial charge in [-0.25, -0.2) is 8.42 Å². The Bertz CT molecular complexity index is 733. The van der Waals surface area contributed by atoms with Gasteiger partial charge in [-0.2, -0.15) is 0 Å². The summed E-state index contributed by atoms with van der Waals surface area (Å²) < 4.78 is 29.6. The van der Waals surface area contributed by atoms with E-state index in [9.17, 15) is 13.2 Å². The summed E-state index contributed by atoms with van der Waals surface area (Å²) in [6.45, 7) is 3.79. The summed E-state index contributed by atoms with van der Waals surface area (Å²) in [6, 6.07) is 8.46. The summed E-state index contributed by atoms with van der Waals surface area (Å²) in [5.41, 5.74) is 1.63. The number of furan rings is 1. The van der Waals surface area contributed by atoms with E-state index in [2.05, 4.69) is 5.32 Å². The Hall–Kier alpha value is -2.08. The molecule has 0 saturated carbocycles. The Labute approximate surface area is 123 Å². The highest BCUT2D eigenvalue weighted by atomic mass is 32.2. The van der Waals surface area contributed by atoms with Crippen molar-refractivity contribution in [2.24, 2.45) is 0 Å². The number of carbonyl (C=O) groups excluding carboxylic acids is 1. The minimum Gasteiger partial charge on any atom is -0.467 e. The maximum atomic E-state index is 12.3. The molecule has 2 aromatic rings. The highest BCUT2D eigenvalue weighted by molar-refractivity contribution is 7.92. The zero-order chi connectivity index (χ0) is 15.5. The Kier molecular flexibility index (Phi) is 4.47. The number of benzene rings is 1. The minimum atomic E-state index is -3.64. The van der Waals surface area contributed by atoms with Gasteiger partial charge in [0.15, 0.2) is 9.84 Å². The standard InChI is InChI=1S/C15H17NO4S/c1-11-5-6-14(12(2)8-11)21(18,19)10-15(17)16-9-13-4-3-7-20-13/h3-8H,9-10H2,1-2H3,(H,16,17). The number of amides is 1. The lowest BCUT2D eigenvalue weighted by molar-refractivity contribution is -0.118. The van der Waals surface area contributed by atoms with E-state index in [0.717, 1.165) is 5.56 Å². The largest absolute Gasteiger partial charge is 0.467 e. The Morgan fingerprint density at radius 2 is 2.00 bits per heavy atom. The summed E-state index contributed by atoms with van der Waals surface area (Å²) in [5, 5.41) is 2.53. The minimum absolute atomic E-state index is 0.175. The molecule has 21 heavy (non-hydrogen) atoms. The topological polar surface area (TPSA) is 76.4 Å². The zero-order valence-electron chi connectivity index (χ0n) is 11.9. The number of sulfone groups is 1. The summed E-state index contributed by atoms with van der Waals surface area (Å²) in [4.78, 5) is 12.0. The summed E-state index contributed by atoms with van der Waals surface area (Å²) in [7, 11) is -3.64. The second-order valence-corrected chi connectivity index (χ2v) is 6.84. The molecule has 0 aliphatic carbocycles. The second kappa shape index (κ2) is 6.13. The number of carbonyl (C=O) groups is 1. The molecule has 0 fully saturated rings. The highest BCUT2D eigenvalue weighted by Crippen LogP contribution is 2.17. The van der Waals surface area contributed by atoms with Gasteiger partial charge < -0.3 is 9.73 Å². The number of hydrogen-bond acceptors (Lipinski definition) is 4. The van der Waals surface area contributed by atoms with Crippen molar-refractivity contribution in [3.05, 3.63) is 53.5 Å². The fourth-order valence-electron chi connectivity index (χ4n) is 2.05. The molecule has 0 aliphatic rings. The molecule has 5 nitrogen and oxygen atoms in total. The highest BCUT2D eigenvalue weighted by Gasteiger charge is 2.21. The van der Waals surface area contributed by atoms with Crippen molar-refractivity contribution in [1.29, 1.82) is 0 Å². The van der Waals surface area contributed by atoms with Crippen molar-refractivity contribution in [2.45, 2.75) is 25.3 Å². The molecular formula is C15H17NO4S. The number of rotatable bonds is 5. The van der Waals surface area contributed by atoms with Crippen LogP contribution in [0.1, 0.15) is 16.9 Å². The van der Waals surface area contributed by atoms with E-state index >= 15 is 0 Å². The van der Waals surface area contributed by atoms with E-state index in [1.54, 1.807) is 37.3 Å². The van der Waals surface area contributed by atoms with Crippen LogP contribution in [0.4, 0.5) is 0 Å². The quantitative estimate of drug-likeness (QED) is 0.916. The first-order valence-corrected chi connectivity index (χ1v) is 8.13. The van der Waals surface area contributed by atoms with Crippen LogP contribution in [0.3, 0.4) is 0 Å². The Balaban J connectivity index is 2.04. The van der Waals surface area contributed by atoms with Crippen LogP contribution in [0.15, 0.2) is 45.9 Å². The summed E-state index contributed by atoms with van der Waals surface area (Å²) >= 11 is 0. The molecular weight excluding hydrogens is 290 g/mol. The Morgan fingerprint density at radius 1 is 1.24 bits per heavy atom. The number of hydrogen-bond donors (Lipinski definition) is 1. The van der Waals surface area contributed by atoms with Crippen LogP contribution < -0.4 is 5.32 Å². The molecule has 6 heteroatoms. The van der Waals surface area contributed by atoms with Crippen molar-refractivity contribution in [3.8, 4) is 0 Å². The fraction of sp³-hybridized carbons (Fsp3) is 0.267. The molecule has 0 saturated heterocycles. The summed E-state index contributed by atoms with van der Waals surface area (Å²) in [5.74, 6) is -0.545. The van der Waals surface area contributed by atoms with Gasteiger partial charge in [-0.05, 0) is 37.6 Å². The molecule has 0 spiro atoms. The fourth-order valence-corrected chi connectivity index (χ4v) is 3.48. The van der Waals surface area contributed by atoms with Gasteiger partial charge in [0.05, 0.1) is 17.7 Å². The van der Waals surface area contributed by atoms with E-state index < -0.39 is 21.5 Å². The average molecular weight is 307 g/mol. The van der Waals surface area contributed by atoms with Crippen LogP contribution in [0.25, 0.3) is 0 Å². The number of nitrogens with one attached hydrogen (secondary N) is 1. The molecule has 1 aromatic heterocycles. The lowest BCUT2D eigenvalue weighted by Gasteiger charge is -2.08. The van der Waals surface area contributed by atoms with Crippen molar-refractivity contribution in [1.82, 2.24) is 5.32 Å². The molecule has 1 N–H and O–H groups in total. The van der Waals surface area contributed by atoms with E-state index in [0.29, 0.717) is 11.3 Å². The zero-order valence-corrected chi connectivity index (χ0v) is 12.7. The second-order valence-electron chi connectivity index (χ2n) is 4.88. The van der Waals surface area contributed by atoms with E-state index in [1.807, 2.05) is 6.92 Å². The molecule has 0 atom stereocenters. The maximum absolute atomic E-state index is 12.3. The molecule has 1 heterocycles. The monoisotopic (exact) mass is 307 g/mol. The van der Waals surface area contributed by atoms with Gasteiger partial charge in [0.2, 0.25) is 5.91 Å². The van der Waals surface area contributed by atoms with E-state index in [1.165, 1.54) is 6.26 Å². The average Bonchev–Trinajstić information content (AvgIpc) is 2.88. The molecule has 1 amide bonds. The van der Waals surface area contributed by atoms with Crippen molar-refractivity contribution >= 4 is 15.7 Å². The SMILES string of the molecule is Cc1ccc(S(=O)(=O)CC(=O)NCc2ccco2)c(C)c1. The normalized spacial score (nSPS) is 11.3. The van der Waals surface area contributed by atoms with Crippen LogP contribution in [0.2, 0.25) is 0 Å². The smallest absolute Gasteiger partial charge is 0.235 e. The van der Waals surface area contributed by atoms with Gasteiger partial charge in [0, 0.05) is 0 Å². The molecule has 0 radical (unpaired) electrons. The van der Waals surface area contributed by atoms with Gasteiger partial charge in [-0.15, -0.1) is 0 Å². The van der Waals surface area contributed by atoms with Crippen molar-refractivity contribution in [2.75, 3.05) is 5.75 Å². The van der Waals surface area contributed by atoms with Crippen LogP contribution in [0.5, 0.6) is 0 Å². The third-order valence-electron chi connectivity index (χ3n) is 3.03. The lowest BCUT2D eigenvalue weighted by Crippen LogP contribution is -2.30. The van der Waals surface area contributed by atoms with Gasteiger partial charge in [0.1, 0.15) is 11.5 Å². The van der Waals surface area contributed by atoms with Crippen LogP contribution in [-0.4, -0.2) is 20.1 Å². The molecule has 0 unspecified atom stereocenters. The third kappa shape index (κ3) is 3.95. The maximum Gasteiger partial charge on any atom is 0.235 e. The molecule has 1 aromatic carbocycles. The molecule has 0 aliphatic heterocycles. The molecule has 0 bridgehead atoms. The first kappa shape index (κ1) is 15.3. The predicted octanol–water partition coefficient (Wildman–Crippen LogP) is 1.99. The van der Waals surface area contributed by atoms with Crippen molar-refractivity contribution < 1.29 is 17.6 Å². The first-order chi connectivity index (χ1) is 9.88. The first-order valence-electron chi connectivity index (χ1n) is 6.47. The van der Waals surface area contributed by atoms with Crippen LogP contribution >= 0.6 is 0 Å². The summed E-state index contributed by atoms with van der Waals surface area (Å²) in [6.07, 6.45) is 1.49. The van der Waals surface area contributed by atoms with Crippen molar-refractivity contribution in [3.63, 3.8) is 0 Å². The van der Waals surface area contributed by atoms with Gasteiger partial charge in [0.25, 0.3) is 0 Å². The van der Waals surface area contributed by atoms with E-state index in [4.69, 9.17) is 4.42 Å². The number of aryl methyl sites for hydroxylation is 2.